The van der Waals surface area contributed by atoms with Gasteiger partial charge in [-0.2, -0.15) is 10.2 Å². The lowest BCUT2D eigenvalue weighted by atomic mass is 10.1. The number of carbonyl (C=O) groups is 1. The predicted octanol–water partition coefficient (Wildman–Crippen LogP) is 1.12. The molecule has 0 amide bonds. The van der Waals surface area contributed by atoms with Gasteiger partial charge >= 0.3 is 5.97 Å². The minimum Gasteiger partial charge on any atom is -0.469 e. The van der Waals surface area contributed by atoms with Crippen LogP contribution in [0.25, 0.3) is 0 Å². The fraction of sp³-hybridized carbons (Fsp3) is 0.833. The number of rotatable bonds is 3. The Morgan fingerprint density at radius 3 is 2.60 bits per heavy atom. The Kier molecular flexibility index (Phi) is 1.70. The monoisotopic (exact) mass is 142 g/mol. The summed E-state index contributed by atoms with van der Waals surface area (Å²) in [5.74, 6) is -0.196. The topological polar surface area (TPSA) is 51.0 Å². The van der Waals surface area contributed by atoms with Gasteiger partial charge in [0.2, 0.25) is 0 Å². The van der Waals surface area contributed by atoms with Crippen LogP contribution in [-0.4, -0.2) is 18.7 Å². The fourth-order valence-electron chi connectivity index (χ4n) is 0.626. The summed E-state index contributed by atoms with van der Waals surface area (Å²) in [4.78, 5) is 10.6. The first kappa shape index (κ1) is 7.18. The van der Waals surface area contributed by atoms with Crippen LogP contribution in [0.15, 0.2) is 10.2 Å². The van der Waals surface area contributed by atoms with Crippen LogP contribution < -0.4 is 0 Å². The van der Waals surface area contributed by atoms with E-state index in [1.807, 2.05) is 6.92 Å². The molecule has 1 heterocycles. The SMILES string of the molecule is COC(=O)CCC1(C)N=N1. The smallest absolute Gasteiger partial charge is 0.305 e. The van der Waals surface area contributed by atoms with Crippen LogP contribution >= 0.6 is 0 Å². The molecule has 1 aliphatic rings. The van der Waals surface area contributed by atoms with E-state index in [1.165, 1.54) is 7.11 Å². The van der Waals surface area contributed by atoms with Gasteiger partial charge in [-0.1, -0.05) is 0 Å². The summed E-state index contributed by atoms with van der Waals surface area (Å²) in [6.07, 6.45) is 1.07. The molecule has 0 N–H and O–H groups in total. The summed E-state index contributed by atoms with van der Waals surface area (Å²) in [5, 5.41) is 7.52. The quantitative estimate of drug-likeness (QED) is 0.554. The zero-order chi connectivity index (χ0) is 7.61. The summed E-state index contributed by atoms with van der Waals surface area (Å²) >= 11 is 0. The van der Waals surface area contributed by atoms with Gasteiger partial charge in [0.05, 0.1) is 7.11 Å². The molecule has 0 spiro atoms. The van der Waals surface area contributed by atoms with E-state index in [2.05, 4.69) is 15.0 Å². The van der Waals surface area contributed by atoms with Crippen molar-refractivity contribution in [1.29, 1.82) is 0 Å². The highest BCUT2D eigenvalue weighted by Crippen LogP contribution is 2.31. The molecule has 0 aliphatic carbocycles. The van der Waals surface area contributed by atoms with Gasteiger partial charge in [0.1, 0.15) is 0 Å². The standard InChI is InChI=1S/C6H10N2O2/c1-6(7-8-6)4-3-5(9)10-2/h3-4H2,1-2H3. The van der Waals surface area contributed by atoms with Crippen molar-refractivity contribution in [3.05, 3.63) is 0 Å². The Morgan fingerprint density at radius 2 is 2.20 bits per heavy atom. The second-order valence-electron chi connectivity index (χ2n) is 2.49. The van der Waals surface area contributed by atoms with Gasteiger partial charge in [0, 0.05) is 12.8 Å². The molecule has 0 aromatic rings. The van der Waals surface area contributed by atoms with Crippen molar-refractivity contribution >= 4 is 5.97 Å². The number of methoxy groups -OCH3 is 1. The van der Waals surface area contributed by atoms with Gasteiger partial charge in [-0.15, -0.1) is 0 Å². The molecule has 4 nitrogen and oxygen atoms in total. The van der Waals surface area contributed by atoms with E-state index >= 15 is 0 Å². The molecule has 1 aliphatic heterocycles. The first-order valence-electron chi connectivity index (χ1n) is 3.17. The van der Waals surface area contributed by atoms with Crippen molar-refractivity contribution in [3.8, 4) is 0 Å². The minimum absolute atomic E-state index is 0.196. The van der Waals surface area contributed by atoms with Crippen LogP contribution in [-0.2, 0) is 9.53 Å². The van der Waals surface area contributed by atoms with E-state index in [0.29, 0.717) is 12.8 Å². The molecule has 0 aromatic heterocycles. The molecule has 0 fully saturated rings. The molecular weight excluding hydrogens is 132 g/mol. The van der Waals surface area contributed by atoms with Crippen molar-refractivity contribution in [2.75, 3.05) is 7.11 Å². The Hall–Kier alpha value is -0.930. The number of hydrogen-bond acceptors (Lipinski definition) is 4. The van der Waals surface area contributed by atoms with E-state index in [1.54, 1.807) is 0 Å². The molecule has 0 radical (unpaired) electrons. The van der Waals surface area contributed by atoms with E-state index in [-0.39, 0.29) is 11.6 Å². The summed E-state index contributed by atoms with van der Waals surface area (Å²) in [5.41, 5.74) is -0.270. The summed E-state index contributed by atoms with van der Waals surface area (Å²) in [7, 11) is 1.38. The van der Waals surface area contributed by atoms with E-state index in [9.17, 15) is 4.79 Å². The highest BCUT2D eigenvalue weighted by molar-refractivity contribution is 5.69. The lowest BCUT2D eigenvalue weighted by molar-refractivity contribution is -0.140. The number of carbonyl (C=O) groups excluding carboxylic acids is 1. The third-order valence-electron chi connectivity index (χ3n) is 1.47. The average molecular weight is 142 g/mol. The summed E-state index contributed by atoms with van der Waals surface area (Å²) < 4.78 is 4.45. The van der Waals surface area contributed by atoms with Gasteiger partial charge in [-0.3, -0.25) is 4.79 Å². The maximum Gasteiger partial charge on any atom is 0.305 e. The van der Waals surface area contributed by atoms with Crippen molar-refractivity contribution in [3.63, 3.8) is 0 Å². The number of esters is 1. The third-order valence-corrected chi connectivity index (χ3v) is 1.47. The first-order valence-corrected chi connectivity index (χ1v) is 3.17. The normalized spacial score (nSPS) is 18.6. The number of ether oxygens (including phenoxy) is 1. The van der Waals surface area contributed by atoms with Gasteiger partial charge in [0.25, 0.3) is 0 Å². The molecule has 0 saturated heterocycles. The second kappa shape index (κ2) is 2.36. The summed E-state index contributed by atoms with van der Waals surface area (Å²) in [6.45, 7) is 1.88. The van der Waals surface area contributed by atoms with Crippen LogP contribution in [0.3, 0.4) is 0 Å². The third kappa shape index (κ3) is 1.79. The zero-order valence-corrected chi connectivity index (χ0v) is 6.13. The van der Waals surface area contributed by atoms with Crippen molar-refractivity contribution in [2.45, 2.75) is 25.4 Å². The van der Waals surface area contributed by atoms with Crippen LogP contribution in [0, 0.1) is 0 Å². The predicted molar refractivity (Wildman–Crippen MR) is 34.5 cm³/mol. The van der Waals surface area contributed by atoms with E-state index in [4.69, 9.17) is 0 Å². The molecule has 0 aromatic carbocycles. The molecule has 10 heavy (non-hydrogen) atoms. The highest BCUT2D eigenvalue weighted by atomic mass is 16.5. The van der Waals surface area contributed by atoms with Gasteiger partial charge in [0.15, 0.2) is 5.66 Å². The van der Waals surface area contributed by atoms with Crippen molar-refractivity contribution in [2.24, 2.45) is 10.2 Å². The van der Waals surface area contributed by atoms with Crippen molar-refractivity contribution < 1.29 is 9.53 Å². The van der Waals surface area contributed by atoms with Crippen LogP contribution in [0.4, 0.5) is 0 Å². The Bertz CT molecular complexity index is 171. The molecule has 0 atom stereocenters. The second-order valence-corrected chi connectivity index (χ2v) is 2.49. The minimum atomic E-state index is -0.270. The van der Waals surface area contributed by atoms with Crippen molar-refractivity contribution in [1.82, 2.24) is 0 Å². The molecule has 0 bridgehead atoms. The molecule has 4 heteroatoms. The first-order chi connectivity index (χ1) is 4.66. The maximum atomic E-state index is 10.6. The van der Waals surface area contributed by atoms with E-state index in [0.717, 1.165) is 0 Å². The largest absolute Gasteiger partial charge is 0.469 e. The van der Waals surface area contributed by atoms with Crippen LogP contribution in [0.1, 0.15) is 19.8 Å². The fourth-order valence-corrected chi connectivity index (χ4v) is 0.626. The lowest BCUT2D eigenvalue weighted by Gasteiger charge is -2.00. The van der Waals surface area contributed by atoms with Crippen LogP contribution in [0.5, 0.6) is 0 Å². The molecule has 0 unspecified atom stereocenters. The molecule has 1 rings (SSSR count). The average Bonchev–Trinajstić information content (AvgIpc) is 2.64. The Morgan fingerprint density at radius 1 is 1.60 bits per heavy atom. The van der Waals surface area contributed by atoms with Gasteiger partial charge in [-0.25, -0.2) is 0 Å². The Balaban J connectivity index is 2.11. The van der Waals surface area contributed by atoms with Crippen LogP contribution in [0.2, 0.25) is 0 Å². The zero-order valence-electron chi connectivity index (χ0n) is 6.13. The van der Waals surface area contributed by atoms with E-state index < -0.39 is 0 Å². The van der Waals surface area contributed by atoms with Gasteiger partial charge in [-0.05, 0) is 6.92 Å². The lowest BCUT2D eigenvalue weighted by Crippen LogP contribution is -2.09. The number of nitrogens with zero attached hydrogens (tertiary/aromatic N) is 2. The maximum absolute atomic E-state index is 10.6. The highest BCUT2D eigenvalue weighted by Gasteiger charge is 2.33. The molecular formula is C6H10N2O2. The molecule has 56 valence electrons. The summed E-state index contributed by atoms with van der Waals surface area (Å²) in [6, 6.07) is 0. The number of hydrogen-bond donors (Lipinski definition) is 0. The van der Waals surface area contributed by atoms with Gasteiger partial charge < -0.3 is 4.74 Å². The molecule has 0 saturated carbocycles. The Labute approximate surface area is 59.3 Å².